The Hall–Kier alpha value is -3.36. The van der Waals surface area contributed by atoms with Gasteiger partial charge in [0.1, 0.15) is 18.9 Å². The lowest BCUT2D eigenvalue weighted by atomic mass is 10.2. The molecule has 6 nitrogen and oxygen atoms in total. The molecule has 166 valence electrons. The van der Waals surface area contributed by atoms with E-state index in [0.29, 0.717) is 18.0 Å². The Kier molecular flexibility index (Phi) is 7.26. The molecule has 1 saturated heterocycles. The van der Waals surface area contributed by atoms with Crippen LogP contribution in [0.4, 0.5) is 10.5 Å². The Morgan fingerprint density at radius 2 is 1.67 bits per heavy atom. The van der Waals surface area contributed by atoms with E-state index in [9.17, 15) is 14.4 Å². The summed E-state index contributed by atoms with van der Waals surface area (Å²) in [4.78, 5) is 38.5. The van der Waals surface area contributed by atoms with Gasteiger partial charge in [0, 0.05) is 10.2 Å². The van der Waals surface area contributed by atoms with Crippen LogP contribution in [-0.2, 0) is 16.2 Å². The number of nitrogens with one attached hydrogen (secondary N) is 1. The molecule has 0 atom stereocenters. The summed E-state index contributed by atoms with van der Waals surface area (Å²) in [6, 6.07) is 24.1. The highest BCUT2D eigenvalue weighted by atomic mass is 79.9. The number of hydrogen-bond acceptors (Lipinski definition) is 5. The number of halogens is 1. The highest BCUT2D eigenvalue weighted by Crippen LogP contribution is 2.32. The lowest BCUT2D eigenvalue weighted by molar-refractivity contribution is -0.127. The van der Waals surface area contributed by atoms with Crippen LogP contribution < -0.4 is 10.1 Å². The number of benzene rings is 3. The molecule has 3 aromatic carbocycles. The maximum Gasteiger partial charge on any atom is 0.294 e. The van der Waals surface area contributed by atoms with Crippen molar-refractivity contribution >= 4 is 56.5 Å². The summed E-state index contributed by atoms with van der Waals surface area (Å²) in [5, 5.41) is 2.21. The van der Waals surface area contributed by atoms with Gasteiger partial charge in [-0.05, 0) is 65.4 Å². The molecule has 8 heteroatoms. The molecular formula is C25H19BrN2O4S. The van der Waals surface area contributed by atoms with Gasteiger partial charge in [0.2, 0.25) is 5.91 Å². The average Bonchev–Trinajstić information content (AvgIpc) is 3.08. The van der Waals surface area contributed by atoms with Crippen molar-refractivity contribution in [1.29, 1.82) is 0 Å². The number of rotatable bonds is 7. The first kappa shape index (κ1) is 22.8. The molecule has 4 rings (SSSR count). The van der Waals surface area contributed by atoms with Crippen molar-refractivity contribution in [2.75, 3.05) is 11.9 Å². The van der Waals surface area contributed by atoms with Gasteiger partial charge in [-0.2, -0.15) is 0 Å². The number of carbonyl (C=O) groups excluding carboxylic acids is 3. The minimum absolute atomic E-state index is 0.273. The van der Waals surface area contributed by atoms with Crippen LogP contribution in [0.2, 0.25) is 0 Å². The number of thioether (sulfide) groups is 1. The van der Waals surface area contributed by atoms with E-state index in [2.05, 4.69) is 21.2 Å². The molecular weight excluding hydrogens is 504 g/mol. The van der Waals surface area contributed by atoms with E-state index in [1.807, 2.05) is 54.6 Å². The van der Waals surface area contributed by atoms with Crippen LogP contribution in [-0.4, -0.2) is 28.5 Å². The zero-order chi connectivity index (χ0) is 23.2. The monoisotopic (exact) mass is 522 g/mol. The van der Waals surface area contributed by atoms with Crippen molar-refractivity contribution in [2.24, 2.45) is 0 Å². The molecule has 1 aliphatic heterocycles. The predicted octanol–water partition coefficient (Wildman–Crippen LogP) is 5.70. The Bertz CT molecular complexity index is 1200. The van der Waals surface area contributed by atoms with Crippen molar-refractivity contribution < 1.29 is 19.1 Å². The maximum absolute atomic E-state index is 12.7. The number of anilines is 1. The van der Waals surface area contributed by atoms with Gasteiger partial charge in [-0.1, -0.05) is 58.4 Å². The summed E-state index contributed by atoms with van der Waals surface area (Å²) in [6.07, 6.45) is 1.64. The zero-order valence-corrected chi connectivity index (χ0v) is 19.8. The third-order valence-corrected chi connectivity index (χ3v) is 6.17. The van der Waals surface area contributed by atoms with Gasteiger partial charge in [-0.3, -0.25) is 19.3 Å². The van der Waals surface area contributed by atoms with Gasteiger partial charge < -0.3 is 10.1 Å². The molecule has 0 saturated carbocycles. The van der Waals surface area contributed by atoms with Crippen molar-refractivity contribution in [1.82, 2.24) is 4.90 Å². The second-order valence-corrected chi connectivity index (χ2v) is 9.08. The first-order chi connectivity index (χ1) is 16.0. The fourth-order valence-corrected chi connectivity index (χ4v) is 4.17. The molecule has 0 aromatic heterocycles. The molecule has 3 aromatic rings. The average molecular weight is 523 g/mol. The molecule has 33 heavy (non-hydrogen) atoms. The van der Waals surface area contributed by atoms with Crippen molar-refractivity contribution in [3.05, 3.63) is 99.4 Å². The molecule has 0 aliphatic carbocycles. The summed E-state index contributed by atoms with van der Waals surface area (Å²) in [5.41, 5.74) is 2.41. The third-order valence-electron chi connectivity index (χ3n) is 4.73. The maximum atomic E-state index is 12.7. The van der Waals surface area contributed by atoms with Crippen LogP contribution in [0.1, 0.15) is 11.1 Å². The van der Waals surface area contributed by atoms with E-state index in [1.54, 1.807) is 30.3 Å². The van der Waals surface area contributed by atoms with Crippen molar-refractivity contribution in [3.63, 3.8) is 0 Å². The topological polar surface area (TPSA) is 75.7 Å². The largest absolute Gasteiger partial charge is 0.489 e. The Morgan fingerprint density at radius 1 is 0.970 bits per heavy atom. The van der Waals surface area contributed by atoms with E-state index in [-0.39, 0.29) is 11.4 Å². The first-order valence-corrected chi connectivity index (χ1v) is 11.7. The first-order valence-electron chi connectivity index (χ1n) is 10.1. The fourth-order valence-electron chi connectivity index (χ4n) is 3.07. The van der Waals surface area contributed by atoms with Gasteiger partial charge in [0.25, 0.3) is 11.1 Å². The number of amides is 3. The second kappa shape index (κ2) is 10.5. The summed E-state index contributed by atoms with van der Waals surface area (Å²) in [6.45, 7) is 0.117. The Balaban J connectivity index is 1.35. The van der Waals surface area contributed by atoms with E-state index in [4.69, 9.17) is 4.74 Å². The molecule has 0 unspecified atom stereocenters. The molecule has 1 aliphatic rings. The molecule has 0 radical (unpaired) electrons. The zero-order valence-electron chi connectivity index (χ0n) is 17.4. The smallest absolute Gasteiger partial charge is 0.294 e. The molecule has 0 spiro atoms. The Labute approximate surface area is 203 Å². The van der Waals surface area contributed by atoms with E-state index < -0.39 is 17.1 Å². The number of hydrogen-bond donors (Lipinski definition) is 1. The van der Waals surface area contributed by atoms with Gasteiger partial charge >= 0.3 is 0 Å². The molecule has 0 bridgehead atoms. The summed E-state index contributed by atoms with van der Waals surface area (Å²) >= 11 is 4.15. The highest BCUT2D eigenvalue weighted by Gasteiger charge is 2.36. The Morgan fingerprint density at radius 3 is 2.36 bits per heavy atom. The standard InChI is InChI=1S/C25H19BrN2O4S/c26-19-8-10-20(11-9-19)27-23(29)15-28-24(30)22(33-25(28)31)14-17-6-12-21(13-7-17)32-16-18-4-2-1-3-5-18/h1-14H,15-16H2,(H,27,29)/b22-14+. The number of ether oxygens (including phenoxy) is 1. The van der Waals surface area contributed by atoms with Gasteiger partial charge in [0.05, 0.1) is 4.91 Å². The summed E-state index contributed by atoms with van der Waals surface area (Å²) < 4.78 is 6.65. The fraction of sp³-hybridized carbons (Fsp3) is 0.0800. The van der Waals surface area contributed by atoms with Crippen LogP contribution in [0.5, 0.6) is 5.75 Å². The van der Waals surface area contributed by atoms with Crippen LogP contribution in [0.15, 0.2) is 88.2 Å². The number of carbonyl (C=O) groups is 3. The predicted molar refractivity (Wildman–Crippen MR) is 133 cm³/mol. The van der Waals surface area contributed by atoms with Crippen molar-refractivity contribution in [2.45, 2.75) is 6.61 Å². The van der Waals surface area contributed by atoms with Gasteiger partial charge in [-0.15, -0.1) is 0 Å². The van der Waals surface area contributed by atoms with E-state index >= 15 is 0 Å². The van der Waals surface area contributed by atoms with Gasteiger partial charge in [0.15, 0.2) is 0 Å². The molecule has 1 N–H and O–H groups in total. The molecule has 3 amide bonds. The van der Waals surface area contributed by atoms with Crippen LogP contribution in [0.3, 0.4) is 0 Å². The highest BCUT2D eigenvalue weighted by molar-refractivity contribution is 9.10. The number of imide groups is 1. The minimum atomic E-state index is -0.486. The SMILES string of the molecule is O=C(CN1C(=O)S/C(=C/c2ccc(OCc3ccccc3)cc2)C1=O)Nc1ccc(Br)cc1. The van der Waals surface area contributed by atoms with E-state index in [1.165, 1.54) is 0 Å². The molecule has 1 fully saturated rings. The van der Waals surface area contributed by atoms with E-state index in [0.717, 1.165) is 32.3 Å². The third kappa shape index (κ3) is 6.12. The summed E-state index contributed by atoms with van der Waals surface area (Å²) in [5.74, 6) is -0.227. The van der Waals surface area contributed by atoms with Crippen LogP contribution >= 0.6 is 27.7 Å². The quantitative estimate of drug-likeness (QED) is 0.402. The lowest BCUT2D eigenvalue weighted by Gasteiger charge is -2.12. The minimum Gasteiger partial charge on any atom is -0.489 e. The molecule has 1 heterocycles. The van der Waals surface area contributed by atoms with Crippen molar-refractivity contribution in [3.8, 4) is 5.75 Å². The van der Waals surface area contributed by atoms with Crippen LogP contribution in [0, 0.1) is 0 Å². The van der Waals surface area contributed by atoms with Crippen LogP contribution in [0.25, 0.3) is 6.08 Å². The van der Waals surface area contributed by atoms with Gasteiger partial charge in [-0.25, -0.2) is 0 Å². The second-order valence-electron chi connectivity index (χ2n) is 7.17. The lowest BCUT2D eigenvalue weighted by Crippen LogP contribution is -2.36. The normalized spacial score (nSPS) is 14.6. The summed E-state index contributed by atoms with van der Waals surface area (Å²) in [7, 11) is 0. The number of nitrogens with zero attached hydrogens (tertiary/aromatic N) is 1.